The summed E-state index contributed by atoms with van der Waals surface area (Å²) < 4.78 is 27.3. The first-order valence-corrected chi connectivity index (χ1v) is 4.78. The van der Waals surface area contributed by atoms with E-state index in [4.69, 9.17) is 0 Å². The SMILES string of the molecule is Cc1ccc(C2(F)CCNC2)cc1F. The summed E-state index contributed by atoms with van der Waals surface area (Å²) in [6.07, 6.45) is 0.426. The molecule has 0 saturated carbocycles. The van der Waals surface area contributed by atoms with Gasteiger partial charge in [0.25, 0.3) is 0 Å². The van der Waals surface area contributed by atoms with Crippen molar-refractivity contribution >= 4 is 0 Å². The Hall–Kier alpha value is -0.960. The molecule has 1 aromatic rings. The molecule has 0 aromatic heterocycles. The van der Waals surface area contributed by atoms with Crippen molar-refractivity contribution in [2.45, 2.75) is 19.0 Å². The van der Waals surface area contributed by atoms with Crippen LogP contribution < -0.4 is 5.32 Å². The smallest absolute Gasteiger partial charge is 0.149 e. The Bertz CT molecular complexity index is 343. The molecule has 1 saturated heterocycles. The van der Waals surface area contributed by atoms with Crippen LogP contribution in [0.2, 0.25) is 0 Å². The van der Waals surface area contributed by atoms with E-state index in [1.54, 1.807) is 19.1 Å². The molecular weight excluding hydrogens is 184 g/mol. The summed E-state index contributed by atoms with van der Waals surface area (Å²) in [6.45, 7) is 2.62. The molecule has 1 atom stereocenters. The Morgan fingerprint density at radius 2 is 2.21 bits per heavy atom. The van der Waals surface area contributed by atoms with Gasteiger partial charge in [-0.25, -0.2) is 8.78 Å². The predicted molar refractivity (Wildman–Crippen MR) is 51.4 cm³/mol. The number of hydrogen-bond donors (Lipinski definition) is 1. The number of benzene rings is 1. The summed E-state index contributed by atoms with van der Waals surface area (Å²) in [6, 6.07) is 4.61. The maximum Gasteiger partial charge on any atom is 0.149 e. The van der Waals surface area contributed by atoms with Gasteiger partial charge in [0.2, 0.25) is 0 Å². The highest BCUT2D eigenvalue weighted by Crippen LogP contribution is 2.32. The number of halogens is 2. The van der Waals surface area contributed by atoms with E-state index in [0.29, 0.717) is 24.1 Å². The van der Waals surface area contributed by atoms with Gasteiger partial charge in [0.15, 0.2) is 0 Å². The minimum absolute atomic E-state index is 0.287. The summed E-state index contributed by atoms with van der Waals surface area (Å²) in [7, 11) is 0. The van der Waals surface area contributed by atoms with Gasteiger partial charge in [0.1, 0.15) is 11.5 Å². The average molecular weight is 197 g/mol. The molecule has 0 radical (unpaired) electrons. The summed E-state index contributed by atoms with van der Waals surface area (Å²) >= 11 is 0. The van der Waals surface area contributed by atoms with Gasteiger partial charge in [-0.1, -0.05) is 12.1 Å². The lowest BCUT2D eigenvalue weighted by Gasteiger charge is -2.18. The van der Waals surface area contributed by atoms with E-state index in [9.17, 15) is 8.78 Å². The zero-order valence-electron chi connectivity index (χ0n) is 8.11. The summed E-state index contributed by atoms with van der Waals surface area (Å²) in [5, 5.41) is 2.95. The molecule has 0 amide bonds. The highest BCUT2D eigenvalue weighted by Gasteiger charge is 2.35. The lowest BCUT2D eigenvalue weighted by atomic mass is 9.94. The fourth-order valence-corrected chi connectivity index (χ4v) is 1.78. The lowest BCUT2D eigenvalue weighted by Crippen LogP contribution is -2.23. The molecule has 0 spiro atoms. The minimum Gasteiger partial charge on any atom is -0.313 e. The molecule has 1 aliphatic heterocycles. The minimum atomic E-state index is -1.38. The Labute approximate surface area is 82.1 Å². The fraction of sp³-hybridized carbons (Fsp3) is 0.455. The second-order valence-corrected chi connectivity index (χ2v) is 3.86. The van der Waals surface area contributed by atoms with Crippen molar-refractivity contribution in [3.05, 3.63) is 35.1 Å². The van der Waals surface area contributed by atoms with Crippen molar-refractivity contribution in [3.63, 3.8) is 0 Å². The van der Waals surface area contributed by atoms with Crippen molar-refractivity contribution in [3.8, 4) is 0 Å². The topological polar surface area (TPSA) is 12.0 Å². The third-order valence-corrected chi connectivity index (χ3v) is 2.79. The zero-order chi connectivity index (χ0) is 10.2. The molecular formula is C11H13F2N. The molecule has 1 aliphatic rings. The van der Waals surface area contributed by atoms with Crippen LogP contribution in [-0.2, 0) is 5.67 Å². The van der Waals surface area contributed by atoms with Gasteiger partial charge < -0.3 is 5.32 Å². The van der Waals surface area contributed by atoms with Crippen LogP contribution in [0.3, 0.4) is 0 Å². The van der Waals surface area contributed by atoms with E-state index in [1.807, 2.05) is 0 Å². The number of nitrogens with one attached hydrogen (secondary N) is 1. The van der Waals surface area contributed by atoms with Gasteiger partial charge in [-0.2, -0.15) is 0 Å². The van der Waals surface area contributed by atoms with E-state index >= 15 is 0 Å². The van der Waals surface area contributed by atoms with E-state index < -0.39 is 5.67 Å². The number of alkyl halides is 1. The van der Waals surface area contributed by atoms with E-state index in [2.05, 4.69) is 5.32 Å². The van der Waals surface area contributed by atoms with Crippen LogP contribution in [0, 0.1) is 12.7 Å². The van der Waals surface area contributed by atoms with Gasteiger partial charge in [-0.05, 0) is 37.1 Å². The molecule has 0 bridgehead atoms. The molecule has 1 aromatic carbocycles. The lowest BCUT2D eigenvalue weighted by molar-refractivity contribution is 0.192. The summed E-state index contributed by atoms with van der Waals surface area (Å²) in [5.41, 5.74) is -0.372. The van der Waals surface area contributed by atoms with E-state index in [1.165, 1.54) is 6.07 Å². The highest BCUT2D eigenvalue weighted by molar-refractivity contribution is 5.29. The zero-order valence-corrected chi connectivity index (χ0v) is 8.11. The van der Waals surface area contributed by atoms with Crippen molar-refractivity contribution < 1.29 is 8.78 Å². The number of hydrogen-bond acceptors (Lipinski definition) is 1. The monoisotopic (exact) mass is 197 g/mol. The molecule has 0 aliphatic carbocycles. The largest absolute Gasteiger partial charge is 0.313 e. The van der Waals surface area contributed by atoms with Gasteiger partial charge in [-0.15, -0.1) is 0 Å². The molecule has 14 heavy (non-hydrogen) atoms. The van der Waals surface area contributed by atoms with E-state index in [-0.39, 0.29) is 12.4 Å². The quantitative estimate of drug-likeness (QED) is 0.728. The number of rotatable bonds is 1. The van der Waals surface area contributed by atoms with Gasteiger partial charge in [-0.3, -0.25) is 0 Å². The van der Waals surface area contributed by atoms with Crippen LogP contribution in [0.5, 0.6) is 0 Å². The van der Waals surface area contributed by atoms with Crippen LogP contribution in [-0.4, -0.2) is 13.1 Å². The molecule has 76 valence electrons. The van der Waals surface area contributed by atoms with Crippen molar-refractivity contribution in [1.29, 1.82) is 0 Å². The van der Waals surface area contributed by atoms with Crippen LogP contribution in [0.25, 0.3) is 0 Å². The third-order valence-electron chi connectivity index (χ3n) is 2.79. The Morgan fingerprint density at radius 3 is 2.79 bits per heavy atom. The first-order chi connectivity index (χ1) is 6.62. The maximum atomic E-state index is 14.1. The van der Waals surface area contributed by atoms with Gasteiger partial charge in [0, 0.05) is 6.54 Å². The van der Waals surface area contributed by atoms with Crippen molar-refractivity contribution in [2.75, 3.05) is 13.1 Å². The van der Waals surface area contributed by atoms with Gasteiger partial charge >= 0.3 is 0 Å². The fourth-order valence-electron chi connectivity index (χ4n) is 1.78. The Balaban J connectivity index is 2.36. The average Bonchev–Trinajstić information content (AvgIpc) is 2.58. The molecule has 1 nitrogen and oxygen atoms in total. The Morgan fingerprint density at radius 1 is 1.43 bits per heavy atom. The second kappa shape index (κ2) is 3.31. The third kappa shape index (κ3) is 1.52. The molecule has 1 heterocycles. The summed E-state index contributed by atoms with van der Waals surface area (Å²) in [5.74, 6) is -0.327. The summed E-state index contributed by atoms with van der Waals surface area (Å²) in [4.78, 5) is 0. The molecule has 2 rings (SSSR count). The van der Waals surface area contributed by atoms with Crippen molar-refractivity contribution in [1.82, 2.24) is 5.32 Å². The predicted octanol–water partition coefficient (Wildman–Crippen LogP) is 2.29. The molecule has 3 heteroatoms. The highest BCUT2D eigenvalue weighted by atomic mass is 19.1. The maximum absolute atomic E-state index is 14.1. The van der Waals surface area contributed by atoms with E-state index in [0.717, 1.165) is 0 Å². The number of aryl methyl sites for hydroxylation is 1. The Kier molecular flexibility index (Phi) is 2.27. The van der Waals surface area contributed by atoms with Crippen molar-refractivity contribution in [2.24, 2.45) is 0 Å². The van der Waals surface area contributed by atoms with Crippen LogP contribution in [0.1, 0.15) is 17.5 Å². The second-order valence-electron chi connectivity index (χ2n) is 3.86. The first kappa shape index (κ1) is 9.59. The standard InChI is InChI=1S/C11H13F2N/c1-8-2-3-9(6-10(8)12)11(13)4-5-14-7-11/h2-3,6,14H,4-5,7H2,1H3. The van der Waals surface area contributed by atoms with Crippen LogP contribution >= 0.6 is 0 Å². The molecule has 1 fully saturated rings. The molecule has 1 unspecified atom stereocenters. The molecule has 1 N–H and O–H groups in total. The normalized spacial score (nSPS) is 26.8. The van der Waals surface area contributed by atoms with Crippen LogP contribution in [0.4, 0.5) is 8.78 Å². The van der Waals surface area contributed by atoms with Gasteiger partial charge in [0.05, 0.1) is 0 Å². The van der Waals surface area contributed by atoms with Crippen LogP contribution in [0.15, 0.2) is 18.2 Å². The first-order valence-electron chi connectivity index (χ1n) is 4.78.